The molecule has 0 fully saturated rings. The third kappa shape index (κ3) is 6.40. The molecule has 0 aliphatic carbocycles. The minimum absolute atomic E-state index is 0.111. The second-order valence-electron chi connectivity index (χ2n) is 5.32. The van der Waals surface area contributed by atoms with E-state index in [4.69, 9.17) is 12.2 Å². The zero-order valence-electron chi connectivity index (χ0n) is 13.8. The SMILES string of the molecule is C=CCn1c(O)c(C=CCCCCCC=CCC)c(=O)[nH]c1=S. The first-order valence-electron chi connectivity index (χ1n) is 8.10. The van der Waals surface area contributed by atoms with Crippen molar-refractivity contribution in [2.75, 3.05) is 0 Å². The Hall–Kier alpha value is -1.88. The van der Waals surface area contributed by atoms with Crippen LogP contribution in [-0.4, -0.2) is 14.7 Å². The van der Waals surface area contributed by atoms with Crippen LogP contribution in [0, 0.1) is 4.77 Å². The van der Waals surface area contributed by atoms with Crippen LogP contribution in [0.15, 0.2) is 35.7 Å². The largest absolute Gasteiger partial charge is 0.494 e. The van der Waals surface area contributed by atoms with Gasteiger partial charge in [-0.3, -0.25) is 14.3 Å². The van der Waals surface area contributed by atoms with Crippen molar-refractivity contribution >= 4 is 18.3 Å². The van der Waals surface area contributed by atoms with E-state index in [0.717, 1.165) is 32.1 Å². The summed E-state index contributed by atoms with van der Waals surface area (Å²) in [5, 5.41) is 10.2. The van der Waals surface area contributed by atoms with Gasteiger partial charge in [-0.2, -0.15) is 0 Å². The van der Waals surface area contributed by atoms with Crippen LogP contribution in [0.2, 0.25) is 0 Å². The Kier molecular flexibility index (Phi) is 8.98. The summed E-state index contributed by atoms with van der Waals surface area (Å²) in [6.45, 7) is 6.11. The first kappa shape index (κ1) is 19.2. The molecule has 0 radical (unpaired) electrons. The van der Waals surface area contributed by atoms with Crippen molar-refractivity contribution in [3.05, 3.63) is 51.6 Å². The number of H-pyrrole nitrogens is 1. The highest BCUT2D eigenvalue weighted by Crippen LogP contribution is 2.15. The summed E-state index contributed by atoms with van der Waals surface area (Å²) in [7, 11) is 0. The van der Waals surface area contributed by atoms with Crippen LogP contribution >= 0.6 is 12.2 Å². The second kappa shape index (κ2) is 10.8. The maximum atomic E-state index is 11.9. The predicted molar refractivity (Wildman–Crippen MR) is 99.3 cm³/mol. The lowest BCUT2D eigenvalue weighted by Crippen LogP contribution is -2.16. The minimum Gasteiger partial charge on any atom is -0.494 e. The van der Waals surface area contributed by atoms with E-state index >= 15 is 0 Å². The average molecular weight is 334 g/mol. The highest BCUT2D eigenvalue weighted by atomic mass is 32.1. The molecule has 0 aliphatic heterocycles. The van der Waals surface area contributed by atoms with Crippen molar-refractivity contribution < 1.29 is 5.11 Å². The molecule has 1 heterocycles. The van der Waals surface area contributed by atoms with Crippen molar-refractivity contribution in [2.24, 2.45) is 0 Å². The third-order valence-electron chi connectivity index (χ3n) is 3.45. The third-order valence-corrected chi connectivity index (χ3v) is 3.77. The molecule has 0 aliphatic rings. The molecule has 0 aromatic carbocycles. The number of hydrogen-bond acceptors (Lipinski definition) is 3. The standard InChI is InChI=1S/C18H26N2O2S/c1-3-5-6-7-8-9-10-11-12-13-15-16(21)19-18(23)20(14-4-2)17(15)22/h4-6,12-13,22H,2-3,7-11,14H2,1H3,(H,19,21,23). The molecule has 0 amide bonds. The maximum Gasteiger partial charge on any atom is 0.262 e. The van der Waals surface area contributed by atoms with E-state index in [-0.39, 0.29) is 21.8 Å². The fourth-order valence-corrected chi connectivity index (χ4v) is 2.46. The molecule has 0 spiro atoms. The molecule has 126 valence electrons. The van der Waals surface area contributed by atoms with E-state index in [0.29, 0.717) is 6.54 Å². The lowest BCUT2D eigenvalue weighted by molar-refractivity contribution is 0.412. The highest BCUT2D eigenvalue weighted by molar-refractivity contribution is 7.71. The molecular weight excluding hydrogens is 308 g/mol. The van der Waals surface area contributed by atoms with Crippen molar-refractivity contribution in [3.63, 3.8) is 0 Å². The molecule has 1 aromatic rings. The number of hydrogen-bond donors (Lipinski definition) is 2. The van der Waals surface area contributed by atoms with E-state index in [2.05, 4.69) is 30.6 Å². The zero-order valence-corrected chi connectivity index (χ0v) is 14.6. The molecular formula is C18H26N2O2S. The number of aromatic amines is 1. The number of nitrogens with zero attached hydrogens (tertiary/aromatic N) is 1. The molecule has 0 atom stereocenters. The fraction of sp³-hybridized carbons (Fsp3) is 0.444. The molecule has 0 saturated heterocycles. The topological polar surface area (TPSA) is 58.0 Å². The van der Waals surface area contributed by atoms with Gasteiger partial charge in [-0.15, -0.1) is 6.58 Å². The summed E-state index contributed by atoms with van der Waals surface area (Å²) >= 11 is 5.04. The Labute approximate surface area is 142 Å². The van der Waals surface area contributed by atoms with Gasteiger partial charge in [0.2, 0.25) is 5.88 Å². The summed E-state index contributed by atoms with van der Waals surface area (Å²) in [6, 6.07) is 0. The molecule has 1 aromatic heterocycles. The number of allylic oxidation sites excluding steroid dienone is 4. The fourth-order valence-electron chi connectivity index (χ4n) is 2.21. The molecule has 23 heavy (non-hydrogen) atoms. The Morgan fingerprint density at radius 1 is 1.22 bits per heavy atom. The van der Waals surface area contributed by atoms with Gasteiger partial charge in [0.05, 0.1) is 5.56 Å². The van der Waals surface area contributed by atoms with Gasteiger partial charge in [-0.1, -0.05) is 37.6 Å². The van der Waals surface area contributed by atoms with Gasteiger partial charge in [-0.25, -0.2) is 0 Å². The summed E-state index contributed by atoms with van der Waals surface area (Å²) in [4.78, 5) is 14.5. The Morgan fingerprint density at radius 2 is 1.91 bits per heavy atom. The zero-order chi connectivity index (χ0) is 17.1. The highest BCUT2D eigenvalue weighted by Gasteiger charge is 2.08. The van der Waals surface area contributed by atoms with Crippen molar-refractivity contribution in [1.29, 1.82) is 0 Å². The van der Waals surface area contributed by atoms with Crippen molar-refractivity contribution in [3.8, 4) is 5.88 Å². The van der Waals surface area contributed by atoms with Crippen molar-refractivity contribution in [1.82, 2.24) is 9.55 Å². The number of aromatic hydroxyl groups is 1. The van der Waals surface area contributed by atoms with Gasteiger partial charge in [0.25, 0.3) is 5.56 Å². The van der Waals surface area contributed by atoms with E-state index < -0.39 is 0 Å². The van der Waals surface area contributed by atoms with E-state index in [1.165, 1.54) is 11.0 Å². The normalized spacial score (nSPS) is 11.5. The molecule has 1 rings (SSSR count). The summed E-state index contributed by atoms with van der Waals surface area (Å²) in [6.07, 6.45) is 16.1. The lowest BCUT2D eigenvalue weighted by atomic mass is 10.1. The van der Waals surface area contributed by atoms with Crippen LogP contribution in [0.1, 0.15) is 51.0 Å². The van der Waals surface area contributed by atoms with E-state index in [9.17, 15) is 9.90 Å². The quantitative estimate of drug-likeness (QED) is 0.369. The molecule has 0 bridgehead atoms. The summed E-state index contributed by atoms with van der Waals surface area (Å²) in [5.74, 6) is -0.111. The monoisotopic (exact) mass is 334 g/mol. The first-order valence-corrected chi connectivity index (χ1v) is 8.51. The van der Waals surface area contributed by atoms with Gasteiger partial charge >= 0.3 is 0 Å². The van der Waals surface area contributed by atoms with Crippen LogP contribution in [0.4, 0.5) is 0 Å². The molecule has 0 saturated carbocycles. The number of rotatable bonds is 10. The maximum absolute atomic E-state index is 11.9. The first-order chi connectivity index (χ1) is 11.1. The van der Waals surface area contributed by atoms with E-state index in [1.54, 1.807) is 12.2 Å². The predicted octanol–water partition coefficient (Wildman–Crippen LogP) is 4.73. The number of nitrogens with one attached hydrogen (secondary N) is 1. The summed E-state index contributed by atoms with van der Waals surface area (Å²) < 4.78 is 1.65. The van der Waals surface area contributed by atoms with Gasteiger partial charge in [0, 0.05) is 6.54 Å². The van der Waals surface area contributed by atoms with Gasteiger partial charge in [-0.05, 0) is 50.4 Å². The van der Waals surface area contributed by atoms with Crippen LogP contribution in [-0.2, 0) is 6.54 Å². The van der Waals surface area contributed by atoms with Crippen LogP contribution in [0.25, 0.3) is 6.08 Å². The van der Waals surface area contributed by atoms with Crippen LogP contribution in [0.5, 0.6) is 5.88 Å². The minimum atomic E-state index is -0.367. The molecule has 5 heteroatoms. The lowest BCUT2D eigenvalue weighted by Gasteiger charge is -2.08. The Bertz CT molecular complexity index is 669. The van der Waals surface area contributed by atoms with Gasteiger partial charge in [0.1, 0.15) is 0 Å². The van der Waals surface area contributed by atoms with Crippen LogP contribution < -0.4 is 5.56 Å². The average Bonchev–Trinajstić information content (AvgIpc) is 2.52. The summed E-state index contributed by atoms with van der Waals surface area (Å²) in [5.41, 5.74) is -0.125. The Morgan fingerprint density at radius 3 is 2.57 bits per heavy atom. The molecule has 0 unspecified atom stereocenters. The van der Waals surface area contributed by atoms with Crippen LogP contribution in [0.3, 0.4) is 0 Å². The second-order valence-corrected chi connectivity index (χ2v) is 5.70. The van der Waals surface area contributed by atoms with Gasteiger partial charge in [0.15, 0.2) is 4.77 Å². The number of unbranched alkanes of at least 4 members (excludes halogenated alkanes) is 4. The van der Waals surface area contributed by atoms with Gasteiger partial charge < -0.3 is 5.11 Å². The molecule has 4 nitrogen and oxygen atoms in total. The number of aromatic nitrogens is 2. The smallest absolute Gasteiger partial charge is 0.262 e. The van der Waals surface area contributed by atoms with Crippen molar-refractivity contribution in [2.45, 2.75) is 52.0 Å². The Balaban J connectivity index is 2.58. The van der Waals surface area contributed by atoms with E-state index in [1.807, 2.05) is 6.08 Å². The molecule has 2 N–H and O–H groups in total.